The molecule has 0 aliphatic carbocycles. The number of aromatic hydroxyl groups is 1. The average Bonchev–Trinajstić information content (AvgIpc) is 2.41. The van der Waals surface area contributed by atoms with Gasteiger partial charge < -0.3 is 10.4 Å². The summed E-state index contributed by atoms with van der Waals surface area (Å²) in [5.74, 6) is 0.0792. The lowest BCUT2D eigenvalue weighted by Gasteiger charge is -2.08. The number of phenols is 1. The highest BCUT2D eigenvalue weighted by Gasteiger charge is 2.04. The number of benzene rings is 2. The van der Waals surface area contributed by atoms with Crippen LogP contribution in [0.15, 0.2) is 46.9 Å². The van der Waals surface area contributed by atoms with Crippen molar-refractivity contribution in [3.63, 3.8) is 0 Å². The van der Waals surface area contributed by atoms with Crippen molar-refractivity contribution in [1.29, 1.82) is 0 Å². The molecular weight excluding hydrogens is 309 g/mol. The van der Waals surface area contributed by atoms with Crippen molar-refractivity contribution in [2.24, 2.45) is 0 Å². The van der Waals surface area contributed by atoms with Crippen molar-refractivity contribution >= 4 is 15.9 Å². The van der Waals surface area contributed by atoms with Gasteiger partial charge in [0.15, 0.2) is 0 Å². The summed E-state index contributed by atoms with van der Waals surface area (Å²) in [5.41, 5.74) is 1.52. The topological polar surface area (TPSA) is 32.3 Å². The maximum absolute atomic E-state index is 13.4. The van der Waals surface area contributed by atoms with Crippen molar-refractivity contribution in [3.8, 4) is 5.75 Å². The molecular formula is C15H15BrFNO. The third-order valence-corrected chi connectivity index (χ3v) is 3.55. The maximum atomic E-state index is 13.4. The summed E-state index contributed by atoms with van der Waals surface area (Å²) in [5, 5.41) is 13.0. The van der Waals surface area contributed by atoms with Crippen molar-refractivity contribution < 1.29 is 9.50 Å². The van der Waals surface area contributed by atoms with Gasteiger partial charge >= 0.3 is 0 Å². The van der Waals surface area contributed by atoms with Crippen LogP contribution in [0.5, 0.6) is 5.75 Å². The summed E-state index contributed by atoms with van der Waals surface area (Å²) in [4.78, 5) is 0. The summed E-state index contributed by atoms with van der Waals surface area (Å²) in [6, 6.07) is 12.3. The minimum absolute atomic E-state index is 0.172. The molecule has 2 rings (SSSR count). The monoisotopic (exact) mass is 323 g/mol. The van der Waals surface area contributed by atoms with Gasteiger partial charge in [-0.05, 0) is 46.6 Å². The number of rotatable bonds is 5. The lowest BCUT2D eigenvalue weighted by Crippen LogP contribution is -2.17. The summed E-state index contributed by atoms with van der Waals surface area (Å²) < 4.78 is 14.1. The lowest BCUT2D eigenvalue weighted by molar-refractivity contribution is 0.461. The summed E-state index contributed by atoms with van der Waals surface area (Å²) >= 11 is 3.27. The minimum Gasteiger partial charge on any atom is -0.506 e. The van der Waals surface area contributed by atoms with Crippen molar-refractivity contribution in [1.82, 2.24) is 5.32 Å². The summed E-state index contributed by atoms with van der Waals surface area (Å²) in [6.45, 7) is 1.21. The molecule has 0 unspecified atom stereocenters. The zero-order valence-corrected chi connectivity index (χ0v) is 12.0. The van der Waals surface area contributed by atoms with Gasteiger partial charge in [0.05, 0.1) is 4.47 Å². The molecule has 2 N–H and O–H groups in total. The Bertz CT molecular complexity index is 560. The van der Waals surface area contributed by atoms with E-state index in [9.17, 15) is 9.50 Å². The van der Waals surface area contributed by atoms with Gasteiger partial charge in [0.1, 0.15) is 11.6 Å². The zero-order valence-electron chi connectivity index (χ0n) is 10.4. The second-order valence-electron chi connectivity index (χ2n) is 4.27. The fourth-order valence-electron chi connectivity index (χ4n) is 1.85. The van der Waals surface area contributed by atoms with Gasteiger partial charge in [-0.25, -0.2) is 4.39 Å². The van der Waals surface area contributed by atoms with Gasteiger partial charge in [0.2, 0.25) is 0 Å². The Morgan fingerprint density at radius 2 is 1.79 bits per heavy atom. The first kappa shape index (κ1) is 14.0. The molecule has 0 bridgehead atoms. The third-order valence-electron chi connectivity index (χ3n) is 2.91. The molecule has 2 aromatic carbocycles. The highest BCUT2D eigenvalue weighted by Crippen LogP contribution is 2.27. The van der Waals surface area contributed by atoms with Crippen LogP contribution < -0.4 is 5.32 Å². The van der Waals surface area contributed by atoms with E-state index in [-0.39, 0.29) is 11.6 Å². The Labute approximate surface area is 120 Å². The first-order chi connectivity index (χ1) is 9.18. The Kier molecular flexibility index (Phi) is 4.93. The van der Waals surface area contributed by atoms with E-state index in [1.165, 1.54) is 6.07 Å². The summed E-state index contributed by atoms with van der Waals surface area (Å²) in [7, 11) is 0. The molecule has 0 atom stereocenters. The number of para-hydroxylation sites is 1. The molecule has 0 aliphatic rings. The second kappa shape index (κ2) is 6.68. The SMILES string of the molecule is Oc1c(Br)cccc1CNCCc1ccccc1F. The highest BCUT2D eigenvalue weighted by atomic mass is 79.9. The van der Waals surface area contributed by atoms with Crippen LogP contribution >= 0.6 is 15.9 Å². The molecule has 0 heterocycles. The predicted molar refractivity (Wildman–Crippen MR) is 77.6 cm³/mol. The van der Waals surface area contributed by atoms with Crippen LogP contribution in [-0.2, 0) is 13.0 Å². The predicted octanol–water partition coefficient (Wildman–Crippen LogP) is 3.63. The molecule has 2 nitrogen and oxygen atoms in total. The number of nitrogens with one attached hydrogen (secondary N) is 1. The molecule has 0 spiro atoms. The van der Waals surface area contributed by atoms with E-state index in [1.807, 2.05) is 18.2 Å². The number of hydrogen-bond acceptors (Lipinski definition) is 2. The normalized spacial score (nSPS) is 10.6. The number of halogens is 2. The first-order valence-electron chi connectivity index (χ1n) is 6.09. The van der Waals surface area contributed by atoms with E-state index in [0.29, 0.717) is 29.5 Å². The molecule has 0 saturated carbocycles. The minimum atomic E-state index is -0.172. The molecule has 0 aromatic heterocycles. The van der Waals surface area contributed by atoms with Gasteiger partial charge in [-0.2, -0.15) is 0 Å². The molecule has 0 radical (unpaired) electrons. The third kappa shape index (κ3) is 3.78. The molecule has 0 saturated heterocycles. The first-order valence-corrected chi connectivity index (χ1v) is 6.88. The lowest BCUT2D eigenvalue weighted by atomic mass is 10.1. The maximum Gasteiger partial charge on any atom is 0.134 e. The largest absolute Gasteiger partial charge is 0.506 e. The standard InChI is InChI=1S/C15H15BrFNO/c16-13-6-3-5-12(15(13)19)10-18-9-8-11-4-1-2-7-14(11)17/h1-7,18-19H,8-10H2. The van der Waals surface area contributed by atoms with E-state index in [4.69, 9.17) is 0 Å². The zero-order chi connectivity index (χ0) is 13.7. The van der Waals surface area contributed by atoms with Crippen LogP contribution in [0.1, 0.15) is 11.1 Å². The Hall–Kier alpha value is -1.39. The number of phenolic OH excluding ortho intramolecular Hbond substituents is 1. The van der Waals surface area contributed by atoms with E-state index in [2.05, 4.69) is 21.2 Å². The molecule has 0 aliphatic heterocycles. The fraction of sp³-hybridized carbons (Fsp3) is 0.200. The summed E-state index contributed by atoms with van der Waals surface area (Å²) in [6.07, 6.45) is 0.626. The van der Waals surface area contributed by atoms with Crippen molar-refractivity contribution in [2.75, 3.05) is 6.54 Å². The second-order valence-corrected chi connectivity index (χ2v) is 5.12. The molecule has 0 amide bonds. The van der Waals surface area contributed by atoms with Crippen LogP contribution in [0, 0.1) is 5.82 Å². The molecule has 0 fully saturated rings. The smallest absolute Gasteiger partial charge is 0.134 e. The van der Waals surface area contributed by atoms with Gasteiger partial charge in [-0.3, -0.25) is 0 Å². The van der Waals surface area contributed by atoms with E-state index in [0.717, 1.165) is 5.56 Å². The van der Waals surface area contributed by atoms with Gasteiger partial charge in [0, 0.05) is 12.1 Å². The average molecular weight is 324 g/mol. The fourth-order valence-corrected chi connectivity index (χ4v) is 2.26. The Morgan fingerprint density at radius 3 is 2.58 bits per heavy atom. The van der Waals surface area contributed by atoms with Crippen LogP contribution in [0.2, 0.25) is 0 Å². The van der Waals surface area contributed by atoms with Gasteiger partial charge in [0.25, 0.3) is 0 Å². The van der Waals surface area contributed by atoms with Crippen molar-refractivity contribution in [3.05, 3.63) is 63.9 Å². The molecule has 2 aromatic rings. The van der Waals surface area contributed by atoms with E-state index < -0.39 is 0 Å². The van der Waals surface area contributed by atoms with Crippen molar-refractivity contribution in [2.45, 2.75) is 13.0 Å². The van der Waals surface area contributed by atoms with Crippen LogP contribution in [0.3, 0.4) is 0 Å². The molecule has 4 heteroatoms. The Morgan fingerprint density at radius 1 is 1.05 bits per heavy atom. The molecule has 100 valence electrons. The van der Waals surface area contributed by atoms with Crippen LogP contribution in [0.25, 0.3) is 0 Å². The van der Waals surface area contributed by atoms with Crippen LogP contribution in [0.4, 0.5) is 4.39 Å². The van der Waals surface area contributed by atoms with Gasteiger partial charge in [-0.1, -0.05) is 30.3 Å². The molecule has 19 heavy (non-hydrogen) atoms. The van der Waals surface area contributed by atoms with Gasteiger partial charge in [-0.15, -0.1) is 0 Å². The Balaban J connectivity index is 1.84. The highest BCUT2D eigenvalue weighted by molar-refractivity contribution is 9.10. The number of hydrogen-bond donors (Lipinski definition) is 2. The van der Waals surface area contributed by atoms with E-state index >= 15 is 0 Å². The van der Waals surface area contributed by atoms with Crippen LogP contribution in [-0.4, -0.2) is 11.7 Å². The van der Waals surface area contributed by atoms with E-state index in [1.54, 1.807) is 18.2 Å². The quantitative estimate of drug-likeness (QED) is 0.823.